The zero-order chi connectivity index (χ0) is 13.6. The number of benzene rings is 1. The summed E-state index contributed by atoms with van der Waals surface area (Å²) >= 11 is 0. The molecule has 0 saturated heterocycles. The molecule has 0 heterocycles. The lowest BCUT2D eigenvalue weighted by Crippen LogP contribution is -2.52. The molecule has 1 atom stereocenters. The van der Waals surface area contributed by atoms with Gasteiger partial charge in [0.1, 0.15) is 0 Å². The highest BCUT2D eigenvalue weighted by atomic mass is 16.5. The lowest BCUT2D eigenvalue weighted by atomic mass is 9.83. The standard InChI is InChI=1S/C17H27NO/c1-18-16(14-15-10-6-5-7-11-15)17(19-2)12-8-3-4-9-13-17/h5-7,10-11,16,18H,3-4,8-9,12-14H2,1-2H3. The van der Waals surface area contributed by atoms with Crippen LogP contribution in [0.5, 0.6) is 0 Å². The van der Waals surface area contributed by atoms with E-state index in [0.29, 0.717) is 6.04 Å². The van der Waals surface area contributed by atoms with Crippen molar-refractivity contribution < 1.29 is 4.74 Å². The van der Waals surface area contributed by atoms with E-state index < -0.39 is 0 Å². The Morgan fingerprint density at radius 1 is 1.11 bits per heavy atom. The molecule has 0 aliphatic heterocycles. The summed E-state index contributed by atoms with van der Waals surface area (Å²) in [6, 6.07) is 11.1. The van der Waals surface area contributed by atoms with E-state index in [0.717, 1.165) is 6.42 Å². The Morgan fingerprint density at radius 2 is 1.74 bits per heavy atom. The van der Waals surface area contributed by atoms with Crippen LogP contribution in [0, 0.1) is 0 Å². The Kier molecular flexibility index (Phi) is 5.41. The number of nitrogens with one attached hydrogen (secondary N) is 1. The van der Waals surface area contributed by atoms with Gasteiger partial charge < -0.3 is 10.1 Å². The van der Waals surface area contributed by atoms with Crippen molar-refractivity contribution in [2.45, 2.75) is 56.6 Å². The van der Waals surface area contributed by atoms with Crippen LogP contribution in [0.25, 0.3) is 0 Å². The topological polar surface area (TPSA) is 21.3 Å². The van der Waals surface area contributed by atoms with Crippen LogP contribution in [0.3, 0.4) is 0 Å². The molecule has 1 N–H and O–H groups in total. The van der Waals surface area contributed by atoms with Crippen molar-refractivity contribution in [3.8, 4) is 0 Å². The average molecular weight is 261 g/mol. The fraction of sp³-hybridized carbons (Fsp3) is 0.647. The highest BCUT2D eigenvalue weighted by molar-refractivity contribution is 5.17. The maximum atomic E-state index is 6.02. The molecule has 0 spiro atoms. The summed E-state index contributed by atoms with van der Waals surface area (Å²) in [5.74, 6) is 0. The summed E-state index contributed by atoms with van der Waals surface area (Å²) in [7, 11) is 3.96. The molecule has 0 radical (unpaired) electrons. The van der Waals surface area contributed by atoms with Gasteiger partial charge in [-0.2, -0.15) is 0 Å². The molecule has 1 aromatic rings. The van der Waals surface area contributed by atoms with Crippen molar-refractivity contribution >= 4 is 0 Å². The van der Waals surface area contributed by atoms with E-state index in [4.69, 9.17) is 4.74 Å². The normalized spacial score (nSPS) is 20.7. The zero-order valence-corrected chi connectivity index (χ0v) is 12.3. The molecule has 1 saturated carbocycles. The van der Waals surface area contributed by atoms with Crippen molar-refractivity contribution in [1.82, 2.24) is 5.32 Å². The predicted octanol–water partition coefficient (Wildman–Crippen LogP) is 3.56. The van der Waals surface area contributed by atoms with Crippen LogP contribution in [0.1, 0.15) is 44.1 Å². The number of ether oxygens (including phenoxy) is 1. The first kappa shape index (κ1) is 14.5. The van der Waals surface area contributed by atoms with Gasteiger partial charge in [-0.1, -0.05) is 56.0 Å². The smallest absolute Gasteiger partial charge is 0.0834 e. The molecule has 0 bridgehead atoms. The van der Waals surface area contributed by atoms with Gasteiger partial charge in [0.2, 0.25) is 0 Å². The van der Waals surface area contributed by atoms with E-state index >= 15 is 0 Å². The quantitative estimate of drug-likeness (QED) is 0.818. The van der Waals surface area contributed by atoms with Gasteiger partial charge in [0.05, 0.1) is 5.60 Å². The lowest BCUT2D eigenvalue weighted by molar-refractivity contribution is -0.0509. The van der Waals surface area contributed by atoms with Crippen LogP contribution in [0.2, 0.25) is 0 Å². The molecule has 0 aromatic heterocycles. The third-order valence-electron chi connectivity index (χ3n) is 4.62. The summed E-state index contributed by atoms with van der Waals surface area (Å²) in [5.41, 5.74) is 1.41. The van der Waals surface area contributed by atoms with Gasteiger partial charge in [0, 0.05) is 13.2 Å². The molecule has 1 fully saturated rings. The Hall–Kier alpha value is -0.860. The Morgan fingerprint density at radius 3 is 2.26 bits per heavy atom. The largest absolute Gasteiger partial charge is 0.377 e. The SMILES string of the molecule is CNC(Cc1ccccc1)C1(OC)CCCCCC1. The van der Waals surface area contributed by atoms with Gasteiger partial charge in [-0.25, -0.2) is 0 Å². The molecular weight excluding hydrogens is 234 g/mol. The summed E-state index contributed by atoms with van der Waals surface area (Å²) in [4.78, 5) is 0. The van der Waals surface area contributed by atoms with Crippen LogP contribution >= 0.6 is 0 Å². The highest BCUT2D eigenvalue weighted by Gasteiger charge is 2.38. The first-order valence-corrected chi connectivity index (χ1v) is 7.57. The maximum Gasteiger partial charge on any atom is 0.0834 e. The van der Waals surface area contributed by atoms with Crippen molar-refractivity contribution in [3.63, 3.8) is 0 Å². The molecule has 19 heavy (non-hydrogen) atoms. The van der Waals surface area contributed by atoms with Crippen LogP contribution in [0.15, 0.2) is 30.3 Å². The molecule has 1 unspecified atom stereocenters. The van der Waals surface area contributed by atoms with Crippen molar-refractivity contribution in [2.24, 2.45) is 0 Å². The minimum absolute atomic E-state index is 0.0150. The van der Waals surface area contributed by atoms with Crippen molar-refractivity contribution in [2.75, 3.05) is 14.2 Å². The Labute approximate surface area is 117 Å². The number of methoxy groups -OCH3 is 1. The van der Waals surface area contributed by atoms with E-state index in [1.807, 2.05) is 7.11 Å². The van der Waals surface area contributed by atoms with Gasteiger partial charge in [-0.15, -0.1) is 0 Å². The second-order valence-corrected chi connectivity index (χ2v) is 5.71. The van der Waals surface area contributed by atoms with Crippen molar-refractivity contribution in [3.05, 3.63) is 35.9 Å². The van der Waals surface area contributed by atoms with Crippen molar-refractivity contribution in [1.29, 1.82) is 0 Å². The molecule has 1 aliphatic rings. The van der Waals surface area contributed by atoms with E-state index in [1.165, 1.54) is 44.1 Å². The fourth-order valence-corrected chi connectivity index (χ4v) is 3.42. The fourth-order valence-electron chi connectivity index (χ4n) is 3.42. The first-order valence-electron chi connectivity index (χ1n) is 7.57. The zero-order valence-electron chi connectivity index (χ0n) is 12.3. The molecule has 1 aliphatic carbocycles. The van der Waals surface area contributed by atoms with E-state index in [2.05, 4.69) is 42.7 Å². The number of hydrogen-bond acceptors (Lipinski definition) is 2. The van der Waals surface area contributed by atoms with Gasteiger partial charge in [0.15, 0.2) is 0 Å². The summed E-state index contributed by atoms with van der Waals surface area (Å²) in [6.45, 7) is 0. The molecule has 0 amide bonds. The van der Waals surface area contributed by atoms with Gasteiger partial charge in [0.25, 0.3) is 0 Å². The highest BCUT2D eigenvalue weighted by Crippen LogP contribution is 2.34. The second-order valence-electron chi connectivity index (χ2n) is 5.71. The third-order valence-corrected chi connectivity index (χ3v) is 4.62. The number of likely N-dealkylation sites (N-methyl/N-ethyl adjacent to an activating group) is 1. The van der Waals surface area contributed by atoms with Gasteiger partial charge in [-0.3, -0.25) is 0 Å². The minimum Gasteiger partial charge on any atom is -0.377 e. The Balaban J connectivity index is 2.13. The maximum absolute atomic E-state index is 6.02. The second kappa shape index (κ2) is 7.06. The van der Waals surface area contributed by atoms with Crippen LogP contribution in [-0.4, -0.2) is 25.8 Å². The summed E-state index contributed by atoms with van der Waals surface area (Å²) in [6.07, 6.45) is 8.70. The molecular formula is C17H27NO. The Bertz CT molecular complexity index is 355. The molecule has 106 valence electrons. The van der Waals surface area contributed by atoms with Crippen LogP contribution in [-0.2, 0) is 11.2 Å². The van der Waals surface area contributed by atoms with E-state index in [9.17, 15) is 0 Å². The van der Waals surface area contributed by atoms with Gasteiger partial charge >= 0.3 is 0 Å². The lowest BCUT2D eigenvalue weighted by Gasteiger charge is -2.39. The minimum atomic E-state index is 0.0150. The third kappa shape index (κ3) is 3.58. The molecule has 2 heteroatoms. The van der Waals surface area contributed by atoms with E-state index in [-0.39, 0.29) is 5.60 Å². The molecule has 2 nitrogen and oxygen atoms in total. The number of hydrogen-bond donors (Lipinski definition) is 1. The first-order chi connectivity index (χ1) is 9.30. The van der Waals surface area contributed by atoms with Gasteiger partial charge in [-0.05, 0) is 31.9 Å². The summed E-state index contributed by atoms with van der Waals surface area (Å²) < 4.78 is 6.02. The molecule has 2 rings (SSSR count). The van der Waals surface area contributed by atoms with Crippen LogP contribution in [0.4, 0.5) is 0 Å². The van der Waals surface area contributed by atoms with Crippen LogP contribution < -0.4 is 5.32 Å². The monoisotopic (exact) mass is 261 g/mol. The average Bonchev–Trinajstić information content (AvgIpc) is 2.72. The number of rotatable bonds is 5. The molecule has 1 aromatic carbocycles. The summed E-state index contributed by atoms with van der Waals surface area (Å²) in [5, 5.41) is 3.51. The predicted molar refractivity (Wildman–Crippen MR) is 80.4 cm³/mol. The van der Waals surface area contributed by atoms with E-state index in [1.54, 1.807) is 0 Å².